The Kier molecular flexibility index (Phi) is 8.80. The molecule has 0 aromatic rings. The zero-order valence-electron chi connectivity index (χ0n) is 11.6. The van der Waals surface area contributed by atoms with E-state index in [9.17, 15) is 0 Å². The molecule has 0 aliphatic carbocycles. The number of nitrogens with two attached hydrogens (primary N) is 1. The number of nitrogens with zero attached hydrogens (tertiary/aromatic N) is 2. The van der Waals surface area contributed by atoms with E-state index in [0.29, 0.717) is 12.5 Å². The van der Waals surface area contributed by atoms with Crippen molar-refractivity contribution in [3.8, 4) is 0 Å². The number of hydrogen-bond acceptors (Lipinski definition) is 4. The van der Waals surface area contributed by atoms with Gasteiger partial charge in [0.05, 0.1) is 0 Å². The number of hydrogen-bond donors (Lipinski definition) is 3. The number of oxime groups is 1. The molecular formula is C12H28N4O. The van der Waals surface area contributed by atoms with Crippen LogP contribution in [0, 0.1) is 0 Å². The molecule has 0 amide bonds. The summed E-state index contributed by atoms with van der Waals surface area (Å²) in [4.78, 5) is 2.35. The molecule has 0 aromatic heterocycles. The van der Waals surface area contributed by atoms with Crippen molar-refractivity contribution in [1.82, 2.24) is 10.2 Å². The SMILES string of the molecule is CC(CC(N)=NO)NCCCCN(C)C(C)C. The number of rotatable bonds is 9. The molecule has 0 aliphatic rings. The minimum Gasteiger partial charge on any atom is -0.409 e. The zero-order valence-corrected chi connectivity index (χ0v) is 11.6. The highest BCUT2D eigenvalue weighted by Crippen LogP contribution is 1.98. The lowest BCUT2D eigenvalue weighted by atomic mass is 10.2. The van der Waals surface area contributed by atoms with Crippen LogP contribution in [0.25, 0.3) is 0 Å². The van der Waals surface area contributed by atoms with Crippen LogP contribution < -0.4 is 11.1 Å². The lowest BCUT2D eigenvalue weighted by molar-refractivity contribution is 0.267. The van der Waals surface area contributed by atoms with Crippen molar-refractivity contribution in [1.29, 1.82) is 0 Å². The topological polar surface area (TPSA) is 73.9 Å². The molecule has 0 saturated carbocycles. The van der Waals surface area contributed by atoms with Gasteiger partial charge in [-0.25, -0.2) is 0 Å². The number of unbranched alkanes of at least 4 members (excludes halogenated alkanes) is 1. The van der Waals surface area contributed by atoms with Crippen molar-refractivity contribution >= 4 is 5.84 Å². The van der Waals surface area contributed by atoms with Crippen molar-refractivity contribution in [2.75, 3.05) is 20.1 Å². The lowest BCUT2D eigenvalue weighted by Crippen LogP contribution is -2.32. The Hall–Kier alpha value is -0.810. The normalized spacial score (nSPS) is 14.6. The molecule has 0 spiro atoms. The Morgan fingerprint density at radius 1 is 1.35 bits per heavy atom. The third-order valence-electron chi connectivity index (χ3n) is 2.96. The van der Waals surface area contributed by atoms with Gasteiger partial charge in [-0.3, -0.25) is 0 Å². The molecule has 17 heavy (non-hydrogen) atoms. The first-order valence-corrected chi connectivity index (χ1v) is 6.37. The van der Waals surface area contributed by atoms with Crippen LogP contribution >= 0.6 is 0 Å². The third kappa shape index (κ3) is 8.94. The molecule has 1 atom stereocenters. The molecule has 0 aliphatic heterocycles. The van der Waals surface area contributed by atoms with Crippen molar-refractivity contribution < 1.29 is 5.21 Å². The summed E-state index contributed by atoms with van der Waals surface area (Å²) in [5, 5.41) is 14.8. The first kappa shape index (κ1) is 16.2. The summed E-state index contributed by atoms with van der Waals surface area (Å²) in [7, 11) is 2.15. The average molecular weight is 244 g/mol. The van der Waals surface area contributed by atoms with Gasteiger partial charge in [-0.05, 0) is 53.8 Å². The van der Waals surface area contributed by atoms with E-state index in [1.54, 1.807) is 0 Å². The van der Waals surface area contributed by atoms with Gasteiger partial charge in [0.1, 0.15) is 5.84 Å². The maximum atomic E-state index is 8.44. The van der Waals surface area contributed by atoms with Gasteiger partial charge >= 0.3 is 0 Å². The summed E-state index contributed by atoms with van der Waals surface area (Å²) in [6, 6.07) is 0.871. The summed E-state index contributed by atoms with van der Waals surface area (Å²) in [5.74, 6) is 0.282. The van der Waals surface area contributed by atoms with Crippen LogP contribution in [0.4, 0.5) is 0 Å². The molecule has 102 valence electrons. The highest BCUT2D eigenvalue weighted by molar-refractivity contribution is 5.80. The predicted molar refractivity (Wildman–Crippen MR) is 72.5 cm³/mol. The van der Waals surface area contributed by atoms with E-state index in [-0.39, 0.29) is 11.9 Å². The molecule has 0 aromatic carbocycles. The van der Waals surface area contributed by atoms with Crippen LogP contribution in [0.3, 0.4) is 0 Å². The number of amidine groups is 1. The Balaban J connectivity index is 3.45. The molecule has 0 heterocycles. The van der Waals surface area contributed by atoms with Gasteiger partial charge < -0.3 is 21.2 Å². The molecule has 5 nitrogen and oxygen atoms in total. The van der Waals surface area contributed by atoms with Gasteiger partial charge in [-0.2, -0.15) is 0 Å². The van der Waals surface area contributed by atoms with Crippen LogP contribution in [-0.4, -0.2) is 48.2 Å². The fourth-order valence-corrected chi connectivity index (χ4v) is 1.52. The molecule has 0 rings (SSSR count). The van der Waals surface area contributed by atoms with Crippen molar-refractivity contribution in [3.05, 3.63) is 0 Å². The second-order valence-corrected chi connectivity index (χ2v) is 4.93. The molecule has 0 fully saturated rings. The minimum absolute atomic E-state index is 0.258. The van der Waals surface area contributed by atoms with Gasteiger partial charge in [-0.1, -0.05) is 5.16 Å². The largest absolute Gasteiger partial charge is 0.409 e. The number of nitrogens with one attached hydrogen (secondary N) is 1. The summed E-state index contributed by atoms with van der Waals surface area (Å²) in [6.07, 6.45) is 2.93. The molecule has 0 saturated heterocycles. The van der Waals surface area contributed by atoms with E-state index >= 15 is 0 Å². The van der Waals surface area contributed by atoms with Crippen LogP contribution in [-0.2, 0) is 0 Å². The van der Waals surface area contributed by atoms with E-state index in [1.807, 2.05) is 6.92 Å². The van der Waals surface area contributed by atoms with Crippen molar-refractivity contribution in [2.24, 2.45) is 10.9 Å². The molecule has 0 radical (unpaired) electrons. The highest BCUT2D eigenvalue weighted by Gasteiger charge is 2.05. The fraction of sp³-hybridized carbons (Fsp3) is 0.917. The highest BCUT2D eigenvalue weighted by atomic mass is 16.4. The second kappa shape index (κ2) is 9.24. The summed E-state index contributed by atoms with van der Waals surface area (Å²) >= 11 is 0. The second-order valence-electron chi connectivity index (χ2n) is 4.93. The fourth-order valence-electron chi connectivity index (χ4n) is 1.52. The Labute approximate surface area is 105 Å². The van der Waals surface area contributed by atoms with Crippen molar-refractivity contribution in [3.63, 3.8) is 0 Å². The minimum atomic E-state index is 0.258. The van der Waals surface area contributed by atoms with E-state index in [4.69, 9.17) is 10.9 Å². The maximum absolute atomic E-state index is 8.44. The average Bonchev–Trinajstić information content (AvgIpc) is 2.27. The molecule has 4 N–H and O–H groups in total. The van der Waals surface area contributed by atoms with Crippen LogP contribution in [0.1, 0.15) is 40.0 Å². The third-order valence-corrected chi connectivity index (χ3v) is 2.96. The summed E-state index contributed by atoms with van der Waals surface area (Å²) in [6.45, 7) is 8.56. The van der Waals surface area contributed by atoms with Crippen LogP contribution in [0.15, 0.2) is 5.16 Å². The van der Waals surface area contributed by atoms with E-state index in [2.05, 4.69) is 36.3 Å². The maximum Gasteiger partial charge on any atom is 0.140 e. The smallest absolute Gasteiger partial charge is 0.140 e. The lowest BCUT2D eigenvalue weighted by Gasteiger charge is -2.21. The van der Waals surface area contributed by atoms with Gasteiger partial charge in [0.15, 0.2) is 0 Å². The van der Waals surface area contributed by atoms with Crippen LogP contribution in [0.2, 0.25) is 0 Å². The summed E-state index contributed by atoms with van der Waals surface area (Å²) in [5.41, 5.74) is 5.43. The van der Waals surface area contributed by atoms with E-state index in [0.717, 1.165) is 19.5 Å². The quantitative estimate of drug-likeness (QED) is 0.187. The first-order valence-electron chi connectivity index (χ1n) is 6.37. The first-order chi connectivity index (χ1) is 7.97. The molecular weight excluding hydrogens is 216 g/mol. The standard InChI is InChI=1S/C12H28N4O/c1-10(2)16(4)8-6-5-7-14-11(3)9-12(13)15-17/h10-11,14,17H,5-9H2,1-4H3,(H2,13,15). The van der Waals surface area contributed by atoms with Gasteiger partial charge in [-0.15, -0.1) is 0 Å². The monoisotopic (exact) mass is 244 g/mol. The predicted octanol–water partition coefficient (Wildman–Crippen LogP) is 1.22. The summed E-state index contributed by atoms with van der Waals surface area (Å²) < 4.78 is 0. The van der Waals surface area contributed by atoms with Gasteiger partial charge in [0.2, 0.25) is 0 Å². The Morgan fingerprint density at radius 3 is 2.53 bits per heavy atom. The van der Waals surface area contributed by atoms with Gasteiger partial charge in [0.25, 0.3) is 0 Å². The van der Waals surface area contributed by atoms with Crippen molar-refractivity contribution in [2.45, 2.75) is 52.1 Å². The van der Waals surface area contributed by atoms with E-state index in [1.165, 1.54) is 6.42 Å². The Morgan fingerprint density at radius 2 is 2.00 bits per heavy atom. The zero-order chi connectivity index (χ0) is 13.3. The van der Waals surface area contributed by atoms with Gasteiger partial charge in [0, 0.05) is 18.5 Å². The van der Waals surface area contributed by atoms with E-state index < -0.39 is 0 Å². The molecule has 5 heteroatoms. The molecule has 0 bridgehead atoms. The molecule has 1 unspecified atom stereocenters. The Bertz CT molecular complexity index is 219. The van der Waals surface area contributed by atoms with Crippen LogP contribution in [0.5, 0.6) is 0 Å².